The molecule has 0 bridgehead atoms. The number of benzene rings is 4. The first-order valence-electron chi connectivity index (χ1n) is 10.6. The van der Waals surface area contributed by atoms with Crippen molar-refractivity contribution in [3.8, 4) is 17.2 Å². The van der Waals surface area contributed by atoms with Gasteiger partial charge in [0.2, 0.25) is 0 Å². The predicted molar refractivity (Wildman–Crippen MR) is 136 cm³/mol. The molecule has 0 saturated carbocycles. The van der Waals surface area contributed by atoms with E-state index in [0.29, 0.717) is 23.1 Å². The summed E-state index contributed by atoms with van der Waals surface area (Å²) in [6, 6.07) is 32.8. The first kappa shape index (κ1) is 24.8. The van der Waals surface area contributed by atoms with Gasteiger partial charge in [0.15, 0.2) is 0 Å². The van der Waals surface area contributed by atoms with Gasteiger partial charge in [-0.2, -0.15) is 0 Å². The Morgan fingerprint density at radius 1 is 0.688 bits per heavy atom. The van der Waals surface area contributed by atoms with Crippen molar-refractivity contribution in [3.63, 3.8) is 0 Å². The smallest absolute Gasteiger partial charge is 0.128 e. The maximum Gasteiger partial charge on any atom is 0.128 e. The molecule has 0 radical (unpaired) electrons. The highest BCUT2D eigenvalue weighted by Gasteiger charge is 1.97. The molecule has 3 nitrogen and oxygen atoms in total. The third-order valence-corrected chi connectivity index (χ3v) is 4.42. The number of aryl methyl sites for hydroxylation is 1. The van der Waals surface area contributed by atoms with E-state index in [2.05, 4.69) is 31.2 Å². The van der Waals surface area contributed by atoms with Gasteiger partial charge in [0.1, 0.15) is 23.9 Å². The Morgan fingerprint density at radius 2 is 1.31 bits per heavy atom. The summed E-state index contributed by atoms with van der Waals surface area (Å²) in [5.74, 6) is 2.38. The zero-order chi connectivity index (χ0) is 23.2. The van der Waals surface area contributed by atoms with E-state index in [0.717, 1.165) is 11.5 Å². The summed E-state index contributed by atoms with van der Waals surface area (Å²) in [6.45, 7) is 6.70. The molecule has 0 saturated heterocycles. The molecule has 0 aromatic heterocycles. The molecule has 0 aliphatic heterocycles. The average molecular weight is 448 g/mol. The van der Waals surface area contributed by atoms with E-state index in [1.54, 1.807) is 24.3 Å². The number of ether oxygens (including phenoxy) is 2. The van der Waals surface area contributed by atoms with E-state index in [4.69, 9.17) is 26.8 Å². The number of hydrogen-bond acceptors (Lipinski definition) is 3. The Labute approximate surface area is 196 Å². The van der Waals surface area contributed by atoms with Crippen molar-refractivity contribution in [3.05, 3.63) is 119 Å². The van der Waals surface area contributed by atoms with Gasteiger partial charge >= 0.3 is 0 Å². The van der Waals surface area contributed by atoms with Crippen LogP contribution in [0.2, 0.25) is 5.02 Å². The van der Waals surface area contributed by atoms with Crippen LogP contribution < -0.4 is 15.2 Å². The highest BCUT2D eigenvalue weighted by Crippen LogP contribution is 2.24. The first-order valence-corrected chi connectivity index (χ1v) is 11.0. The SMILES string of the molecule is CC.Cc1ccc(OCc2ccccc2)cc1.Nc1ccc(Oc2cccc(Cl)c2)cc1. The zero-order valence-electron chi connectivity index (χ0n) is 18.8. The monoisotopic (exact) mass is 447 g/mol. The molecule has 0 aliphatic rings. The van der Waals surface area contributed by atoms with Crippen LogP contribution in [0.25, 0.3) is 0 Å². The van der Waals surface area contributed by atoms with Crippen molar-refractivity contribution in [2.45, 2.75) is 27.4 Å². The molecule has 0 spiro atoms. The van der Waals surface area contributed by atoms with Crippen molar-refractivity contribution < 1.29 is 9.47 Å². The summed E-state index contributed by atoms with van der Waals surface area (Å²) in [7, 11) is 0. The van der Waals surface area contributed by atoms with Crippen LogP contribution in [-0.2, 0) is 6.61 Å². The molecular formula is C28H30ClNO2. The number of hydrogen-bond donors (Lipinski definition) is 1. The molecule has 4 aromatic rings. The molecule has 0 unspecified atom stereocenters. The normalized spacial score (nSPS) is 9.50. The highest BCUT2D eigenvalue weighted by atomic mass is 35.5. The predicted octanol–water partition coefficient (Wildman–Crippen LogP) is 8.31. The molecule has 4 aromatic carbocycles. The number of nitrogen functional groups attached to an aromatic ring is 1. The van der Waals surface area contributed by atoms with Gasteiger partial charge in [-0.25, -0.2) is 0 Å². The minimum absolute atomic E-state index is 0.629. The Morgan fingerprint density at radius 3 is 1.94 bits per heavy atom. The van der Waals surface area contributed by atoms with Gasteiger partial charge in [-0.05, 0) is 67.1 Å². The Hall–Kier alpha value is -3.43. The van der Waals surface area contributed by atoms with Gasteiger partial charge in [0.25, 0.3) is 0 Å². The van der Waals surface area contributed by atoms with E-state index in [1.165, 1.54) is 11.1 Å². The van der Waals surface area contributed by atoms with Crippen molar-refractivity contribution in [1.29, 1.82) is 0 Å². The van der Waals surface area contributed by atoms with Crippen LogP contribution in [0.3, 0.4) is 0 Å². The van der Waals surface area contributed by atoms with Crippen LogP contribution in [0, 0.1) is 6.92 Å². The van der Waals surface area contributed by atoms with E-state index < -0.39 is 0 Å². The molecule has 4 rings (SSSR count). The second-order valence-electron chi connectivity index (χ2n) is 6.72. The van der Waals surface area contributed by atoms with Gasteiger partial charge in [0.05, 0.1) is 0 Å². The highest BCUT2D eigenvalue weighted by molar-refractivity contribution is 6.30. The maximum absolute atomic E-state index is 5.84. The fourth-order valence-electron chi connectivity index (χ4n) is 2.58. The van der Waals surface area contributed by atoms with Crippen molar-refractivity contribution >= 4 is 17.3 Å². The molecule has 0 atom stereocenters. The van der Waals surface area contributed by atoms with Crippen LogP contribution in [0.1, 0.15) is 25.0 Å². The molecule has 4 heteroatoms. The van der Waals surface area contributed by atoms with Crippen molar-refractivity contribution in [2.75, 3.05) is 5.73 Å². The second kappa shape index (κ2) is 13.8. The second-order valence-corrected chi connectivity index (χ2v) is 7.15. The number of anilines is 1. The van der Waals surface area contributed by atoms with Crippen LogP contribution in [0.5, 0.6) is 17.2 Å². The molecule has 166 valence electrons. The standard InChI is InChI=1S/C14H14O.C12H10ClNO.C2H6/c1-12-7-9-14(10-8-12)15-11-13-5-3-2-4-6-13;13-9-2-1-3-12(8-9)15-11-6-4-10(14)5-7-11;1-2/h2-10H,11H2,1H3;1-8H,14H2;1-2H3. The quantitative estimate of drug-likeness (QED) is 0.313. The number of halogens is 1. The molecule has 32 heavy (non-hydrogen) atoms. The fourth-order valence-corrected chi connectivity index (χ4v) is 2.76. The van der Waals surface area contributed by atoms with E-state index >= 15 is 0 Å². The minimum atomic E-state index is 0.629. The Balaban J connectivity index is 0.000000211. The average Bonchev–Trinajstić information content (AvgIpc) is 2.83. The third-order valence-electron chi connectivity index (χ3n) is 4.18. The number of nitrogens with two attached hydrogens (primary N) is 1. The molecule has 0 aliphatic carbocycles. The number of rotatable bonds is 5. The molecular weight excluding hydrogens is 418 g/mol. The third kappa shape index (κ3) is 9.15. The first-order chi connectivity index (χ1) is 15.6. The summed E-state index contributed by atoms with van der Waals surface area (Å²) in [4.78, 5) is 0. The summed E-state index contributed by atoms with van der Waals surface area (Å²) in [6.07, 6.45) is 0. The van der Waals surface area contributed by atoms with Gasteiger partial charge in [-0.3, -0.25) is 0 Å². The van der Waals surface area contributed by atoms with Gasteiger partial charge in [-0.15, -0.1) is 0 Å². The summed E-state index contributed by atoms with van der Waals surface area (Å²) in [5.41, 5.74) is 8.73. The lowest BCUT2D eigenvalue weighted by Crippen LogP contribution is -1.94. The Kier molecular flexibility index (Phi) is 10.7. The lowest BCUT2D eigenvalue weighted by atomic mass is 10.2. The van der Waals surface area contributed by atoms with Gasteiger partial charge in [0, 0.05) is 10.7 Å². The van der Waals surface area contributed by atoms with Gasteiger partial charge < -0.3 is 15.2 Å². The van der Waals surface area contributed by atoms with E-state index in [1.807, 2.05) is 68.4 Å². The van der Waals surface area contributed by atoms with Crippen LogP contribution >= 0.6 is 11.6 Å². The molecule has 0 fully saturated rings. The maximum atomic E-state index is 5.84. The molecule has 0 amide bonds. The van der Waals surface area contributed by atoms with Crippen molar-refractivity contribution in [2.24, 2.45) is 0 Å². The van der Waals surface area contributed by atoms with Crippen LogP contribution in [-0.4, -0.2) is 0 Å². The summed E-state index contributed by atoms with van der Waals surface area (Å²) < 4.78 is 11.2. The summed E-state index contributed by atoms with van der Waals surface area (Å²) >= 11 is 5.84. The Bertz CT molecular complexity index is 1030. The fraction of sp³-hybridized carbons (Fsp3) is 0.143. The van der Waals surface area contributed by atoms with Crippen LogP contribution in [0.4, 0.5) is 5.69 Å². The largest absolute Gasteiger partial charge is 0.489 e. The topological polar surface area (TPSA) is 44.5 Å². The van der Waals surface area contributed by atoms with E-state index in [9.17, 15) is 0 Å². The molecule has 2 N–H and O–H groups in total. The zero-order valence-corrected chi connectivity index (χ0v) is 19.5. The lowest BCUT2D eigenvalue weighted by Gasteiger charge is -2.06. The molecule has 0 heterocycles. The van der Waals surface area contributed by atoms with Crippen LogP contribution in [0.15, 0.2) is 103 Å². The van der Waals surface area contributed by atoms with E-state index in [-0.39, 0.29) is 0 Å². The van der Waals surface area contributed by atoms with Crippen molar-refractivity contribution in [1.82, 2.24) is 0 Å². The minimum Gasteiger partial charge on any atom is -0.489 e. The van der Waals surface area contributed by atoms with Gasteiger partial charge in [-0.1, -0.05) is 79.5 Å². The summed E-state index contributed by atoms with van der Waals surface area (Å²) in [5, 5.41) is 0.656. The lowest BCUT2D eigenvalue weighted by molar-refractivity contribution is 0.306.